The van der Waals surface area contributed by atoms with E-state index in [0.29, 0.717) is 31.1 Å². The first-order valence-corrected chi connectivity index (χ1v) is 6.46. The van der Waals surface area contributed by atoms with Crippen LogP contribution in [0.4, 0.5) is 5.69 Å². The number of nitrogens with two attached hydrogens (primary N) is 1. The number of anilines is 1. The van der Waals surface area contributed by atoms with Crippen molar-refractivity contribution in [2.75, 3.05) is 25.6 Å². The lowest BCUT2D eigenvalue weighted by Crippen LogP contribution is -2.36. The first-order chi connectivity index (χ1) is 9.19. The molecule has 3 N–H and O–H groups in total. The largest absolute Gasteiger partial charge is 0.491 e. The number of rotatable bonds is 8. The van der Waals surface area contributed by atoms with Crippen LogP contribution >= 0.6 is 0 Å². The van der Waals surface area contributed by atoms with Gasteiger partial charge in [-0.15, -0.1) is 0 Å². The minimum atomic E-state index is -0.584. The fourth-order valence-electron chi connectivity index (χ4n) is 1.51. The number of para-hydroxylation sites is 2. The van der Waals surface area contributed by atoms with Crippen LogP contribution in [-0.2, 0) is 9.53 Å². The van der Waals surface area contributed by atoms with E-state index in [1.54, 1.807) is 13.2 Å². The van der Waals surface area contributed by atoms with Gasteiger partial charge >= 0.3 is 0 Å². The van der Waals surface area contributed by atoms with Crippen LogP contribution in [0, 0.1) is 0 Å². The molecule has 1 rings (SSSR count). The van der Waals surface area contributed by atoms with Gasteiger partial charge < -0.3 is 20.5 Å². The van der Waals surface area contributed by atoms with Gasteiger partial charge in [0, 0.05) is 13.7 Å². The van der Waals surface area contributed by atoms with Crippen LogP contribution in [0.1, 0.15) is 19.8 Å². The topological polar surface area (TPSA) is 73.6 Å². The number of hydrogen-bond acceptors (Lipinski definition) is 4. The molecule has 0 aliphatic heterocycles. The highest BCUT2D eigenvalue weighted by Crippen LogP contribution is 2.24. The summed E-state index contributed by atoms with van der Waals surface area (Å²) in [6.45, 7) is 3.10. The lowest BCUT2D eigenvalue weighted by Gasteiger charge is -2.15. The zero-order valence-electron chi connectivity index (χ0n) is 11.5. The minimum Gasteiger partial charge on any atom is -0.491 e. The number of nitrogens with one attached hydrogen (secondary N) is 1. The number of ether oxygens (including phenoxy) is 2. The molecule has 106 valence electrons. The second-order valence-electron chi connectivity index (χ2n) is 4.22. The van der Waals surface area contributed by atoms with Gasteiger partial charge in [-0.05, 0) is 25.0 Å². The second-order valence-corrected chi connectivity index (χ2v) is 4.22. The van der Waals surface area contributed by atoms with E-state index in [-0.39, 0.29) is 5.91 Å². The van der Waals surface area contributed by atoms with Crippen molar-refractivity contribution in [3.05, 3.63) is 24.3 Å². The monoisotopic (exact) mass is 266 g/mol. The third kappa shape index (κ3) is 5.28. The highest BCUT2D eigenvalue weighted by molar-refractivity contribution is 5.95. The Labute approximate surface area is 114 Å². The number of carbonyl (C=O) groups excluding carboxylic acids is 1. The molecule has 1 aromatic carbocycles. The molecule has 0 bridgehead atoms. The van der Waals surface area contributed by atoms with E-state index in [9.17, 15) is 4.79 Å². The van der Waals surface area contributed by atoms with Crippen LogP contribution in [0.25, 0.3) is 0 Å². The maximum Gasteiger partial charge on any atom is 0.241 e. The zero-order chi connectivity index (χ0) is 14.1. The molecule has 0 heterocycles. The Kier molecular flexibility index (Phi) is 6.92. The predicted molar refractivity (Wildman–Crippen MR) is 75.3 cm³/mol. The molecule has 1 unspecified atom stereocenters. The molecule has 0 aliphatic rings. The van der Waals surface area contributed by atoms with Crippen molar-refractivity contribution in [1.82, 2.24) is 0 Å². The van der Waals surface area contributed by atoms with Crippen molar-refractivity contribution >= 4 is 11.6 Å². The lowest BCUT2D eigenvalue weighted by molar-refractivity contribution is -0.117. The molecular weight excluding hydrogens is 244 g/mol. The van der Waals surface area contributed by atoms with Gasteiger partial charge in [-0.2, -0.15) is 0 Å². The van der Waals surface area contributed by atoms with Crippen molar-refractivity contribution in [1.29, 1.82) is 0 Å². The number of benzene rings is 1. The molecule has 5 heteroatoms. The third-order valence-electron chi connectivity index (χ3n) is 2.58. The first kappa shape index (κ1) is 15.5. The minimum absolute atomic E-state index is 0.232. The summed E-state index contributed by atoms with van der Waals surface area (Å²) in [5, 5.41) is 2.78. The highest BCUT2D eigenvalue weighted by Gasteiger charge is 2.14. The number of amides is 1. The van der Waals surface area contributed by atoms with E-state index in [1.165, 1.54) is 0 Å². The summed E-state index contributed by atoms with van der Waals surface area (Å²) >= 11 is 0. The second kappa shape index (κ2) is 8.50. The summed E-state index contributed by atoms with van der Waals surface area (Å²) in [4.78, 5) is 11.9. The molecule has 0 fully saturated rings. The molecule has 0 aliphatic carbocycles. The number of carbonyl (C=O) groups is 1. The average molecular weight is 266 g/mol. The fourth-order valence-corrected chi connectivity index (χ4v) is 1.51. The molecule has 0 aromatic heterocycles. The Bertz CT molecular complexity index is 396. The van der Waals surface area contributed by atoms with E-state index in [4.69, 9.17) is 15.2 Å². The van der Waals surface area contributed by atoms with Gasteiger partial charge in [0.2, 0.25) is 5.91 Å². The normalized spacial score (nSPS) is 11.9. The van der Waals surface area contributed by atoms with Gasteiger partial charge in [0.15, 0.2) is 0 Å². The van der Waals surface area contributed by atoms with E-state index in [1.807, 2.05) is 25.1 Å². The van der Waals surface area contributed by atoms with Crippen LogP contribution in [0.5, 0.6) is 5.75 Å². The van der Waals surface area contributed by atoms with Crippen LogP contribution in [0.3, 0.4) is 0 Å². The van der Waals surface area contributed by atoms with E-state index < -0.39 is 6.04 Å². The summed E-state index contributed by atoms with van der Waals surface area (Å²) in [5.41, 5.74) is 6.42. The quantitative estimate of drug-likeness (QED) is 0.752. The van der Waals surface area contributed by atoms with Crippen LogP contribution in [-0.4, -0.2) is 32.3 Å². The lowest BCUT2D eigenvalue weighted by atomic mass is 10.2. The molecule has 0 spiro atoms. The summed E-state index contributed by atoms with van der Waals surface area (Å²) in [6, 6.07) is 6.75. The molecule has 5 nitrogen and oxygen atoms in total. The van der Waals surface area contributed by atoms with Crippen LogP contribution in [0.2, 0.25) is 0 Å². The molecule has 1 aromatic rings. The Balaban J connectivity index is 2.62. The van der Waals surface area contributed by atoms with E-state index in [0.717, 1.165) is 6.42 Å². The average Bonchev–Trinajstić information content (AvgIpc) is 2.43. The summed E-state index contributed by atoms with van der Waals surface area (Å²) in [7, 11) is 1.58. The van der Waals surface area contributed by atoms with Gasteiger partial charge in [0.1, 0.15) is 5.75 Å². The summed E-state index contributed by atoms with van der Waals surface area (Å²) < 4.78 is 10.5. The van der Waals surface area contributed by atoms with E-state index in [2.05, 4.69) is 5.32 Å². The fraction of sp³-hybridized carbons (Fsp3) is 0.500. The summed E-state index contributed by atoms with van der Waals surface area (Å²) in [6.07, 6.45) is 1.40. The Morgan fingerprint density at radius 3 is 2.79 bits per heavy atom. The Morgan fingerprint density at radius 2 is 2.11 bits per heavy atom. The number of hydrogen-bond donors (Lipinski definition) is 2. The Morgan fingerprint density at radius 1 is 1.37 bits per heavy atom. The van der Waals surface area contributed by atoms with Crippen molar-refractivity contribution < 1.29 is 14.3 Å². The maximum atomic E-state index is 11.9. The van der Waals surface area contributed by atoms with Crippen molar-refractivity contribution in [3.8, 4) is 5.75 Å². The molecule has 0 saturated carbocycles. The third-order valence-corrected chi connectivity index (χ3v) is 2.58. The smallest absolute Gasteiger partial charge is 0.241 e. The van der Waals surface area contributed by atoms with Gasteiger partial charge in [0.05, 0.1) is 18.3 Å². The highest BCUT2D eigenvalue weighted by atomic mass is 16.5. The van der Waals surface area contributed by atoms with Crippen LogP contribution in [0.15, 0.2) is 24.3 Å². The SMILES string of the molecule is CCCOc1ccccc1NC(=O)C(N)CCOC. The standard InChI is InChI=1S/C14H22N2O3/c1-3-9-19-13-7-5-4-6-12(13)16-14(17)11(15)8-10-18-2/h4-7,11H,3,8-10,15H2,1-2H3,(H,16,17). The van der Waals surface area contributed by atoms with Crippen molar-refractivity contribution in [2.45, 2.75) is 25.8 Å². The van der Waals surface area contributed by atoms with Crippen molar-refractivity contribution in [2.24, 2.45) is 5.73 Å². The number of methoxy groups -OCH3 is 1. The van der Waals surface area contributed by atoms with Crippen molar-refractivity contribution in [3.63, 3.8) is 0 Å². The van der Waals surface area contributed by atoms with Gasteiger partial charge in [0.25, 0.3) is 0 Å². The first-order valence-electron chi connectivity index (χ1n) is 6.46. The zero-order valence-corrected chi connectivity index (χ0v) is 11.5. The maximum absolute atomic E-state index is 11.9. The molecule has 1 atom stereocenters. The molecule has 0 radical (unpaired) electrons. The molecule has 1 amide bonds. The molecule has 0 saturated heterocycles. The van der Waals surface area contributed by atoms with Gasteiger partial charge in [-0.3, -0.25) is 4.79 Å². The Hall–Kier alpha value is -1.59. The van der Waals surface area contributed by atoms with E-state index >= 15 is 0 Å². The predicted octanol–water partition coefficient (Wildman–Crippen LogP) is 1.78. The molecular formula is C14H22N2O3. The van der Waals surface area contributed by atoms with Crippen LogP contribution < -0.4 is 15.8 Å². The van der Waals surface area contributed by atoms with Gasteiger partial charge in [-0.25, -0.2) is 0 Å². The van der Waals surface area contributed by atoms with Gasteiger partial charge in [-0.1, -0.05) is 19.1 Å². The summed E-state index contributed by atoms with van der Waals surface area (Å²) in [5.74, 6) is 0.432. The molecule has 19 heavy (non-hydrogen) atoms.